The van der Waals surface area contributed by atoms with Crippen LogP contribution in [0.1, 0.15) is 10.4 Å². The van der Waals surface area contributed by atoms with Crippen LogP contribution in [-0.2, 0) is 4.79 Å². The van der Waals surface area contributed by atoms with Crippen molar-refractivity contribution in [3.8, 4) is 0 Å². The number of halogens is 2. The van der Waals surface area contributed by atoms with Gasteiger partial charge in [-0.25, -0.2) is 8.78 Å². The zero-order valence-electron chi connectivity index (χ0n) is 13.3. The maximum absolute atomic E-state index is 13.1. The van der Waals surface area contributed by atoms with E-state index in [-0.39, 0.29) is 12.2 Å². The van der Waals surface area contributed by atoms with E-state index in [1.165, 1.54) is 6.07 Å². The molecule has 0 aliphatic rings. The van der Waals surface area contributed by atoms with Crippen molar-refractivity contribution in [3.63, 3.8) is 0 Å². The van der Waals surface area contributed by atoms with E-state index in [2.05, 4.69) is 10.6 Å². The molecule has 0 saturated carbocycles. The van der Waals surface area contributed by atoms with Gasteiger partial charge in [0.1, 0.15) is 0 Å². The molecule has 24 heavy (non-hydrogen) atoms. The molecule has 0 unspecified atom stereocenters. The van der Waals surface area contributed by atoms with Crippen molar-refractivity contribution in [1.29, 1.82) is 0 Å². The number of hydrogen-bond acceptors (Lipinski definition) is 3. The van der Waals surface area contributed by atoms with E-state index in [1.54, 1.807) is 24.3 Å². The lowest BCUT2D eigenvalue weighted by molar-refractivity contribution is -0.115. The van der Waals surface area contributed by atoms with Gasteiger partial charge in [0.2, 0.25) is 5.91 Å². The number of anilines is 2. The van der Waals surface area contributed by atoms with Gasteiger partial charge in [-0.3, -0.25) is 9.59 Å². The Morgan fingerprint density at radius 3 is 2.25 bits per heavy atom. The fraction of sp³-hybridized carbons (Fsp3) is 0.176. The molecule has 2 N–H and O–H groups in total. The van der Waals surface area contributed by atoms with E-state index in [0.717, 1.165) is 17.8 Å². The van der Waals surface area contributed by atoms with Crippen molar-refractivity contribution in [2.75, 3.05) is 30.9 Å². The SMILES string of the molecule is CN(C)c1ccc(C(=O)NCC(=O)Nc2ccc(F)c(F)c2)cc1. The summed E-state index contributed by atoms with van der Waals surface area (Å²) in [7, 11) is 3.77. The molecular formula is C17H17F2N3O2. The van der Waals surface area contributed by atoms with Gasteiger partial charge in [0, 0.05) is 37.1 Å². The monoisotopic (exact) mass is 333 g/mol. The summed E-state index contributed by atoms with van der Waals surface area (Å²) in [5.74, 6) is -3.00. The van der Waals surface area contributed by atoms with Gasteiger partial charge in [0.05, 0.1) is 6.54 Å². The normalized spacial score (nSPS) is 10.2. The van der Waals surface area contributed by atoms with E-state index in [4.69, 9.17) is 0 Å². The Bertz CT molecular complexity index is 746. The lowest BCUT2D eigenvalue weighted by atomic mass is 10.2. The molecule has 2 amide bonds. The van der Waals surface area contributed by atoms with Crippen molar-refractivity contribution < 1.29 is 18.4 Å². The van der Waals surface area contributed by atoms with Crippen LogP contribution in [0.4, 0.5) is 20.2 Å². The highest BCUT2D eigenvalue weighted by Gasteiger charge is 2.10. The Labute approximate surface area is 138 Å². The number of benzene rings is 2. The first-order chi connectivity index (χ1) is 11.4. The van der Waals surface area contributed by atoms with E-state index in [1.807, 2.05) is 19.0 Å². The van der Waals surface area contributed by atoms with Crippen molar-refractivity contribution in [2.24, 2.45) is 0 Å². The molecule has 0 heterocycles. The van der Waals surface area contributed by atoms with Gasteiger partial charge in [-0.15, -0.1) is 0 Å². The van der Waals surface area contributed by atoms with E-state index in [9.17, 15) is 18.4 Å². The molecule has 7 heteroatoms. The second-order valence-electron chi connectivity index (χ2n) is 5.30. The van der Waals surface area contributed by atoms with Gasteiger partial charge in [-0.2, -0.15) is 0 Å². The highest BCUT2D eigenvalue weighted by atomic mass is 19.2. The van der Waals surface area contributed by atoms with Crippen molar-refractivity contribution in [1.82, 2.24) is 5.32 Å². The molecular weight excluding hydrogens is 316 g/mol. The standard InChI is InChI=1S/C17H17F2N3O2/c1-22(2)13-6-3-11(4-7-13)17(24)20-10-16(23)21-12-5-8-14(18)15(19)9-12/h3-9H,10H2,1-2H3,(H,20,24)(H,21,23). The van der Waals surface area contributed by atoms with Crippen LogP contribution in [0, 0.1) is 11.6 Å². The molecule has 0 bridgehead atoms. The van der Waals surface area contributed by atoms with Gasteiger partial charge >= 0.3 is 0 Å². The first-order valence-electron chi connectivity index (χ1n) is 7.17. The number of amides is 2. The lowest BCUT2D eigenvalue weighted by Gasteiger charge is -2.12. The average Bonchev–Trinajstić information content (AvgIpc) is 2.56. The third-order valence-electron chi connectivity index (χ3n) is 3.26. The van der Waals surface area contributed by atoms with Crippen molar-refractivity contribution >= 4 is 23.2 Å². The van der Waals surface area contributed by atoms with Crippen LogP contribution < -0.4 is 15.5 Å². The first kappa shape index (κ1) is 17.4. The van der Waals surface area contributed by atoms with E-state index in [0.29, 0.717) is 5.56 Å². The minimum Gasteiger partial charge on any atom is -0.378 e. The highest BCUT2D eigenvalue weighted by Crippen LogP contribution is 2.13. The van der Waals surface area contributed by atoms with Gasteiger partial charge in [-0.1, -0.05) is 0 Å². The smallest absolute Gasteiger partial charge is 0.251 e. The fourth-order valence-corrected chi connectivity index (χ4v) is 1.95. The van der Waals surface area contributed by atoms with Crippen LogP contribution in [0.5, 0.6) is 0 Å². The largest absolute Gasteiger partial charge is 0.378 e. The molecule has 2 aromatic rings. The second-order valence-corrected chi connectivity index (χ2v) is 5.30. The Kier molecular flexibility index (Phi) is 5.47. The van der Waals surface area contributed by atoms with Gasteiger partial charge in [0.15, 0.2) is 11.6 Å². The molecule has 2 aromatic carbocycles. The molecule has 126 valence electrons. The summed E-state index contributed by atoms with van der Waals surface area (Å²) in [5.41, 5.74) is 1.48. The van der Waals surface area contributed by atoms with Crippen LogP contribution in [0.3, 0.4) is 0 Å². The molecule has 0 atom stereocenters. The Hall–Kier alpha value is -2.96. The third-order valence-corrected chi connectivity index (χ3v) is 3.26. The molecule has 0 aliphatic heterocycles. The number of carbonyl (C=O) groups excluding carboxylic acids is 2. The minimum absolute atomic E-state index is 0.114. The molecule has 0 aliphatic carbocycles. The van der Waals surface area contributed by atoms with Crippen LogP contribution in [-0.4, -0.2) is 32.5 Å². The van der Waals surface area contributed by atoms with E-state index < -0.39 is 23.4 Å². The summed E-state index contributed by atoms with van der Waals surface area (Å²) in [6.45, 7) is -0.284. The number of carbonyl (C=O) groups is 2. The first-order valence-corrected chi connectivity index (χ1v) is 7.17. The topological polar surface area (TPSA) is 61.4 Å². The predicted octanol–water partition coefficient (Wildman–Crippen LogP) is 2.40. The summed E-state index contributed by atoms with van der Waals surface area (Å²) < 4.78 is 25.9. The Balaban J connectivity index is 1.88. The summed E-state index contributed by atoms with van der Waals surface area (Å²) in [6, 6.07) is 9.89. The summed E-state index contributed by atoms with van der Waals surface area (Å²) in [4.78, 5) is 25.6. The minimum atomic E-state index is -1.06. The van der Waals surface area contributed by atoms with Gasteiger partial charge in [-0.05, 0) is 36.4 Å². The molecule has 5 nitrogen and oxygen atoms in total. The predicted molar refractivity (Wildman–Crippen MR) is 88.1 cm³/mol. The van der Waals surface area contributed by atoms with E-state index >= 15 is 0 Å². The highest BCUT2D eigenvalue weighted by molar-refractivity contribution is 5.99. The second kappa shape index (κ2) is 7.54. The number of rotatable bonds is 5. The summed E-state index contributed by atoms with van der Waals surface area (Å²) >= 11 is 0. The quantitative estimate of drug-likeness (QED) is 0.883. The molecule has 0 radical (unpaired) electrons. The lowest BCUT2D eigenvalue weighted by Crippen LogP contribution is -2.32. The summed E-state index contributed by atoms with van der Waals surface area (Å²) in [5, 5.41) is 4.84. The number of nitrogens with zero attached hydrogens (tertiary/aromatic N) is 1. The van der Waals surface area contributed by atoms with Crippen LogP contribution in [0.15, 0.2) is 42.5 Å². The Morgan fingerprint density at radius 2 is 1.67 bits per heavy atom. The number of hydrogen-bond donors (Lipinski definition) is 2. The molecule has 0 fully saturated rings. The molecule has 0 saturated heterocycles. The van der Waals surface area contributed by atoms with Crippen molar-refractivity contribution in [2.45, 2.75) is 0 Å². The maximum Gasteiger partial charge on any atom is 0.251 e. The van der Waals surface area contributed by atoms with Crippen LogP contribution in [0.2, 0.25) is 0 Å². The average molecular weight is 333 g/mol. The zero-order valence-corrected chi connectivity index (χ0v) is 13.3. The maximum atomic E-state index is 13.1. The van der Waals surface area contributed by atoms with Gasteiger partial charge in [0.25, 0.3) is 5.91 Å². The van der Waals surface area contributed by atoms with Crippen LogP contribution in [0.25, 0.3) is 0 Å². The zero-order chi connectivity index (χ0) is 17.7. The third kappa shape index (κ3) is 4.52. The number of nitrogens with one attached hydrogen (secondary N) is 2. The van der Waals surface area contributed by atoms with Crippen LogP contribution >= 0.6 is 0 Å². The van der Waals surface area contributed by atoms with Gasteiger partial charge < -0.3 is 15.5 Å². The molecule has 0 spiro atoms. The fourth-order valence-electron chi connectivity index (χ4n) is 1.95. The molecule has 2 rings (SSSR count). The Morgan fingerprint density at radius 1 is 1.00 bits per heavy atom. The van der Waals surface area contributed by atoms with Crippen molar-refractivity contribution in [3.05, 3.63) is 59.7 Å². The molecule has 0 aromatic heterocycles. The summed E-state index contributed by atoms with van der Waals surface area (Å²) in [6.07, 6.45) is 0.